The number of hydrazone groups is 1. The summed E-state index contributed by atoms with van der Waals surface area (Å²) in [4.78, 5) is 28.9. The number of nitrogens with one attached hydrogen (secondary N) is 1. The van der Waals surface area contributed by atoms with Gasteiger partial charge in [-0.25, -0.2) is 5.01 Å². The second-order valence-electron chi connectivity index (χ2n) is 8.16. The molecule has 1 atom stereocenters. The summed E-state index contributed by atoms with van der Waals surface area (Å²) in [5.74, 6) is 0.493. The molecule has 7 heteroatoms. The summed E-state index contributed by atoms with van der Waals surface area (Å²) in [7, 11) is 1.60. The van der Waals surface area contributed by atoms with Crippen molar-refractivity contribution >= 4 is 34.1 Å². The quantitative estimate of drug-likeness (QED) is 0.423. The number of pyridine rings is 1. The number of methoxy groups -OCH3 is 1. The Bertz CT molecular complexity index is 1490. The highest BCUT2D eigenvalue weighted by Gasteiger charge is 2.34. The van der Waals surface area contributed by atoms with Crippen molar-refractivity contribution < 1.29 is 9.53 Å². The summed E-state index contributed by atoms with van der Waals surface area (Å²) < 4.78 is 5.37. The van der Waals surface area contributed by atoms with Crippen molar-refractivity contribution in [1.82, 2.24) is 9.99 Å². The molecule has 5 rings (SSSR count). The molecule has 0 saturated heterocycles. The van der Waals surface area contributed by atoms with Crippen molar-refractivity contribution in [3.8, 4) is 16.9 Å². The van der Waals surface area contributed by atoms with Gasteiger partial charge in [-0.05, 0) is 41.5 Å². The van der Waals surface area contributed by atoms with Crippen LogP contribution in [0.1, 0.15) is 30.5 Å². The van der Waals surface area contributed by atoms with Crippen LogP contribution in [-0.4, -0.2) is 28.7 Å². The maximum atomic E-state index is 13.4. The molecule has 6 nitrogen and oxygen atoms in total. The summed E-state index contributed by atoms with van der Waals surface area (Å²) in [5.41, 5.74) is 3.99. The zero-order valence-corrected chi connectivity index (χ0v) is 19.5. The summed E-state index contributed by atoms with van der Waals surface area (Å²) in [6.07, 6.45) is 0.398. The lowest BCUT2D eigenvalue weighted by Gasteiger charge is -2.20. The van der Waals surface area contributed by atoms with Crippen molar-refractivity contribution in [2.75, 3.05) is 7.11 Å². The third-order valence-corrected chi connectivity index (χ3v) is 6.31. The molecule has 0 bridgehead atoms. The smallest absolute Gasteiger partial charge is 0.258 e. The monoisotopic (exact) mass is 471 g/mol. The number of carbonyl (C=O) groups excluding carboxylic acids is 1. The van der Waals surface area contributed by atoms with Crippen LogP contribution in [0.25, 0.3) is 22.0 Å². The third-order valence-electron chi connectivity index (χ3n) is 6.05. The first kappa shape index (κ1) is 21.9. The van der Waals surface area contributed by atoms with Crippen LogP contribution in [0, 0.1) is 0 Å². The van der Waals surface area contributed by atoms with E-state index < -0.39 is 0 Å². The van der Waals surface area contributed by atoms with Gasteiger partial charge in [-0.3, -0.25) is 9.59 Å². The lowest BCUT2D eigenvalue weighted by molar-refractivity contribution is -0.130. The predicted octanol–water partition coefficient (Wildman–Crippen LogP) is 5.55. The molecular formula is C27H22ClN3O3. The van der Waals surface area contributed by atoms with Gasteiger partial charge in [-0.2, -0.15) is 5.10 Å². The molecule has 1 amide bonds. The summed E-state index contributed by atoms with van der Waals surface area (Å²) in [6.45, 7) is 1.48. The van der Waals surface area contributed by atoms with E-state index in [4.69, 9.17) is 16.3 Å². The number of H-pyrrole nitrogens is 1. The van der Waals surface area contributed by atoms with E-state index in [0.29, 0.717) is 28.5 Å². The lowest BCUT2D eigenvalue weighted by Crippen LogP contribution is -2.24. The first-order valence-electron chi connectivity index (χ1n) is 10.9. The molecule has 1 aromatic heterocycles. The first-order valence-corrected chi connectivity index (χ1v) is 11.3. The van der Waals surface area contributed by atoms with Crippen LogP contribution in [-0.2, 0) is 4.79 Å². The number of ether oxygens (including phenoxy) is 1. The number of para-hydroxylation sites is 1. The SMILES string of the molecule is COc1cccc([C@H]2CC(c3c(-c4ccc(Cl)cc4)c4ccccc4[nH]c3=O)=NN2C(C)=O)c1. The van der Waals surface area contributed by atoms with E-state index in [-0.39, 0.29) is 17.5 Å². The van der Waals surface area contributed by atoms with Crippen LogP contribution in [0.4, 0.5) is 0 Å². The maximum absolute atomic E-state index is 13.4. The third kappa shape index (κ3) is 3.86. The van der Waals surface area contributed by atoms with Crippen LogP contribution in [0.5, 0.6) is 5.75 Å². The molecule has 2 heterocycles. The number of rotatable bonds is 4. The van der Waals surface area contributed by atoms with Gasteiger partial charge < -0.3 is 9.72 Å². The Hall–Kier alpha value is -3.90. The maximum Gasteiger partial charge on any atom is 0.258 e. The minimum Gasteiger partial charge on any atom is -0.497 e. The standard InChI is InChI=1S/C27H22ClN3O3/c1-16(32)31-24(18-6-5-7-20(14-18)34-2)15-23(30-31)26-25(17-10-12-19(28)13-11-17)21-8-3-4-9-22(21)29-27(26)33/h3-14,24H,15H2,1-2H3,(H,29,33)/t24-/m1/s1. The van der Waals surface area contributed by atoms with Crippen molar-refractivity contribution in [3.05, 3.63) is 99.3 Å². The normalized spacial score (nSPS) is 15.4. The molecule has 1 N–H and O–H groups in total. The van der Waals surface area contributed by atoms with Gasteiger partial charge in [0, 0.05) is 34.8 Å². The first-order chi connectivity index (χ1) is 16.5. The largest absolute Gasteiger partial charge is 0.497 e. The highest BCUT2D eigenvalue weighted by atomic mass is 35.5. The number of amides is 1. The zero-order chi connectivity index (χ0) is 23.8. The van der Waals surface area contributed by atoms with Gasteiger partial charge >= 0.3 is 0 Å². The molecular weight excluding hydrogens is 450 g/mol. The topological polar surface area (TPSA) is 74.8 Å². The lowest BCUT2D eigenvalue weighted by atomic mass is 9.91. The summed E-state index contributed by atoms with van der Waals surface area (Å²) in [5, 5.41) is 7.60. The van der Waals surface area contributed by atoms with Crippen molar-refractivity contribution in [2.24, 2.45) is 5.10 Å². The van der Waals surface area contributed by atoms with E-state index in [2.05, 4.69) is 10.1 Å². The average molecular weight is 472 g/mol. The number of benzene rings is 3. The molecule has 1 aliphatic rings. The minimum absolute atomic E-state index is 0.201. The van der Waals surface area contributed by atoms with Crippen LogP contribution in [0.2, 0.25) is 5.02 Å². The van der Waals surface area contributed by atoms with Gasteiger partial charge in [0.2, 0.25) is 5.91 Å². The molecule has 0 saturated carbocycles. The fourth-order valence-electron chi connectivity index (χ4n) is 4.49. The molecule has 3 aromatic carbocycles. The highest BCUT2D eigenvalue weighted by molar-refractivity contribution is 6.30. The Labute approximate surface area is 201 Å². The molecule has 4 aromatic rings. The van der Waals surface area contributed by atoms with E-state index in [1.54, 1.807) is 19.2 Å². The van der Waals surface area contributed by atoms with Crippen LogP contribution >= 0.6 is 11.6 Å². The van der Waals surface area contributed by atoms with Gasteiger partial charge in [0.15, 0.2) is 0 Å². The molecule has 0 spiro atoms. The van der Waals surface area contributed by atoms with Crippen molar-refractivity contribution in [1.29, 1.82) is 0 Å². The Balaban J connectivity index is 1.71. The zero-order valence-electron chi connectivity index (χ0n) is 18.7. The number of hydrogen-bond acceptors (Lipinski definition) is 4. The van der Waals surface area contributed by atoms with Gasteiger partial charge in [0.25, 0.3) is 5.56 Å². The second kappa shape index (κ2) is 8.80. The van der Waals surface area contributed by atoms with Crippen LogP contribution in [0.15, 0.2) is 82.7 Å². The number of nitrogens with zero attached hydrogens (tertiary/aromatic N) is 2. The predicted molar refractivity (Wildman–Crippen MR) is 134 cm³/mol. The fourth-order valence-corrected chi connectivity index (χ4v) is 4.62. The highest BCUT2D eigenvalue weighted by Crippen LogP contribution is 2.37. The molecule has 0 radical (unpaired) electrons. The molecule has 34 heavy (non-hydrogen) atoms. The van der Waals surface area contributed by atoms with Gasteiger partial charge in [-0.15, -0.1) is 0 Å². The van der Waals surface area contributed by atoms with Crippen molar-refractivity contribution in [2.45, 2.75) is 19.4 Å². The molecule has 170 valence electrons. The second-order valence-corrected chi connectivity index (χ2v) is 8.60. The minimum atomic E-state index is -0.341. The Morgan fingerprint density at radius 2 is 1.82 bits per heavy atom. The number of aromatic amines is 1. The van der Waals surface area contributed by atoms with E-state index in [1.165, 1.54) is 11.9 Å². The van der Waals surface area contributed by atoms with Gasteiger partial charge in [0.1, 0.15) is 5.75 Å². The number of aromatic nitrogens is 1. The Morgan fingerprint density at radius 3 is 2.56 bits per heavy atom. The Morgan fingerprint density at radius 1 is 1.06 bits per heavy atom. The van der Waals surface area contributed by atoms with Crippen LogP contribution < -0.4 is 10.3 Å². The van der Waals surface area contributed by atoms with Gasteiger partial charge in [-0.1, -0.05) is 54.1 Å². The van der Waals surface area contributed by atoms with E-state index in [0.717, 1.165) is 27.6 Å². The molecule has 0 aliphatic carbocycles. The average Bonchev–Trinajstić information content (AvgIpc) is 3.29. The summed E-state index contributed by atoms with van der Waals surface area (Å²) in [6, 6.07) is 22.3. The van der Waals surface area contributed by atoms with E-state index in [1.807, 2.05) is 60.7 Å². The number of fused-ring (bicyclic) bond motifs is 1. The number of carbonyl (C=O) groups is 1. The molecule has 1 aliphatic heterocycles. The summed E-state index contributed by atoms with van der Waals surface area (Å²) >= 11 is 6.14. The van der Waals surface area contributed by atoms with Crippen LogP contribution in [0.3, 0.4) is 0 Å². The van der Waals surface area contributed by atoms with E-state index in [9.17, 15) is 9.59 Å². The number of hydrogen-bond donors (Lipinski definition) is 1. The fraction of sp³-hybridized carbons (Fsp3) is 0.148. The Kier molecular flexibility index (Phi) is 5.67. The number of halogens is 1. The molecule has 0 fully saturated rings. The van der Waals surface area contributed by atoms with Gasteiger partial charge in [0.05, 0.1) is 24.4 Å². The van der Waals surface area contributed by atoms with Crippen molar-refractivity contribution in [3.63, 3.8) is 0 Å². The molecule has 0 unspecified atom stereocenters. The van der Waals surface area contributed by atoms with E-state index >= 15 is 0 Å².